The summed E-state index contributed by atoms with van der Waals surface area (Å²) in [5.74, 6) is 0.431. The Morgan fingerprint density at radius 1 is 1.17 bits per heavy atom. The monoisotopic (exact) mass is 333 g/mol. The molecule has 1 aliphatic carbocycles. The van der Waals surface area contributed by atoms with Gasteiger partial charge in [0.15, 0.2) is 0 Å². The van der Waals surface area contributed by atoms with Gasteiger partial charge in [0.05, 0.1) is 12.9 Å². The number of thiocarbonyl (C=S) groups is 1. The third-order valence-corrected chi connectivity index (χ3v) is 4.69. The molecule has 0 amide bonds. The van der Waals surface area contributed by atoms with Gasteiger partial charge in [0.1, 0.15) is 4.99 Å². The van der Waals surface area contributed by atoms with Gasteiger partial charge in [-0.05, 0) is 31.2 Å². The molecule has 0 aromatic heterocycles. The first-order valence-corrected chi connectivity index (χ1v) is 8.61. The molecule has 1 aliphatic rings. The van der Waals surface area contributed by atoms with E-state index in [2.05, 4.69) is 17.1 Å². The van der Waals surface area contributed by atoms with Crippen LogP contribution >= 0.6 is 12.2 Å². The topological polar surface area (TPSA) is 28.1 Å². The first kappa shape index (κ1) is 18.0. The van der Waals surface area contributed by atoms with Crippen LogP contribution in [0.2, 0.25) is 0 Å². The number of hydrogen-bond donors (Lipinski definition) is 0. The molecule has 2 rings (SSSR count). The summed E-state index contributed by atoms with van der Waals surface area (Å²) in [5, 5.41) is 2.02. The third kappa shape index (κ3) is 6.01. The highest BCUT2D eigenvalue weighted by Gasteiger charge is 2.26. The number of rotatable bonds is 6. The van der Waals surface area contributed by atoms with Crippen LogP contribution in [0.25, 0.3) is 0 Å². The fourth-order valence-electron chi connectivity index (χ4n) is 2.82. The van der Waals surface area contributed by atoms with Crippen molar-refractivity contribution in [3.63, 3.8) is 0 Å². The van der Waals surface area contributed by atoms with E-state index in [9.17, 15) is 0 Å². The Kier molecular flexibility index (Phi) is 7.15. The van der Waals surface area contributed by atoms with Gasteiger partial charge in [-0.3, -0.25) is 4.84 Å². The van der Waals surface area contributed by atoms with Crippen molar-refractivity contribution >= 4 is 23.5 Å². The Labute approximate surface area is 145 Å². The van der Waals surface area contributed by atoms with E-state index >= 15 is 0 Å². The molecule has 0 N–H and O–H groups in total. The van der Waals surface area contributed by atoms with E-state index in [1.165, 1.54) is 5.56 Å². The first-order valence-electron chi connectivity index (χ1n) is 8.20. The van der Waals surface area contributed by atoms with Gasteiger partial charge < -0.3 is 4.90 Å². The van der Waals surface area contributed by atoms with Gasteiger partial charge in [-0.1, -0.05) is 42.5 Å². The van der Waals surface area contributed by atoms with Crippen molar-refractivity contribution in [3.05, 3.63) is 35.9 Å². The molecule has 1 saturated carbocycles. The van der Waals surface area contributed by atoms with Crippen molar-refractivity contribution in [1.29, 1.82) is 0 Å². The van der Waals surface area contributed by atoms with Crippen LogP contribution in [0, 0.1) is 5.92 Å². The lowest BCUT2D eigenvalue weighted by Gasteiger charge is -2.33. The van der Waals surface area contributed by atoms with E-state index in [0.29, 0.717) is 18.6 Å². The zero-order valence-electron chi connectivity index (χ0n) is 14.3. The Morgan fingerprint density at radius 2 is 1.83 bits per heavy atom. The molecule has 23 heavy (non-hydrogen) atoms. The minimum Gasteiger partial charge on any atom is -0.369 e. The SMILES string of the molecule is CN(C)C=NC(=S)C1CCC(N(C)OCc2ccccc2)CC1. The predicted octanol–water partition coefficient (Wildman–Crippen LogP) is 3.53. The fourth-order valence-corrected chi connectivity index (χ4v) is 3.10. The van der Waals surface area contributed by atoms with Crippen molar-refractivity contribution in [2.75, 3.05) is 21.1 Å². The molecular formula is C18H27N3OS. The molecule has 4 nitrogen and oxygen atoms in total. The van der Waals surface area contributed by atoms with E-state index in [4.69, 9.17) is 17.1 Å². The van der Waals surface area contributed by atoms with E-state index in [1.54, 1.807) is 6.34 Å². The summed E-state index contributed by atoms with van der Waals surface area (Å²) in [5.41, 5.74) is 1.20. The molecule has 0 bridgehead atoms. The van der Waals surface area contributed by atoms with Gasteiger partial charge in [-0.2, -0.15) is 5.06 Å². The lowest BCUT2D eigenvalue weighted by Crippen LogP contribution is -2.36. The molecule has 0 aliphatic heterocycles. The van der Waals surface area contributed by atoms with Crippen LogP contribution in [0.15, 0.2) is 35.3 Å². The first-order chi connectivity index (χ1) is 11.1. The molecule has 0 atom stereocenters. The summed E-state index contributed by atoms with van der Waals surface area (Å²) in [7, 11) is 5.96. The predicted molar refractivity (Wildman–Crippen MR) is 99.5 cm³/mol. The van der Waals surface area contributed by atoms with Crippen molar-refractivity contribution in [2.45, 2.75) is 38.3 Å². The van der Waals surface area contributed by atoms with E-state index < -0.39 is 0 Å². The van der Waals surface area contributed by atoms with E-state index in [0.717, 1.165) is 30.7 Å². The number of hydroxylamine groups is 2. The number of nitrogens with zero attached hydrogens (tertiary/aromatic N) is 3. The minimum absolute atomic E-state index is 0.431. The highest BCUT2D eigenvalue weighted by Crippen LogP contribution is 2.29. The van der Waals surface area contributed by atoms with Gasteiger partial charge in [-0.15, -0.1) is 0 Å². The standard InChI is InChI=1S/C18H27N3OS/c1-20(2)14-19-18(23)16-9-11-17(12-10-16)21(3)22-13-15-7-5-4-6-8-15/h4-8,14,16-17H,9-13H2,1-3H3. The van der Waals surface area contributed by atoms with Crippen LogP contribution in [-0.2, 0) is 11.4 Å². The average molecular weight is 334 g/mol. The zero-order valence-corrected chi connectivity index (χ0v) is 15.1. The van der Waals surface area contributed by atoms with Crippen molar-refractivity contribution in [1.82, 2.24) is 9.96 Å². The Bertz CT molecular complexity index is 510. The molecule has 0 spiro atoms. The normalized spacial score (nSPS) is 21.7. The van der Waals surface area contributed by atoms with Gasteiger partial charge in [0.2, 0.25) is 0 Å². The number of aliphatic imine (C=N–C) groups is 1. The van der Waals surface area contributed by atoms with Crippen molar-refractivity contribution in [3.8, 4) is 0 Å². The van der Waals surface area contributed by atoms with Crippen LogP contribution in [-0.4, -0.2) is 48.5 Å². The molecule has 0 radical (unpaired) electrons. The summed E-state index contributed by atoms with van der Waals surface area (Å²) in [4.78, 5) is 13.0. The van der Waals surface area contributed by atoms with Crippen LogP contribution in [0.4, 0.5) is 0 Å². The Balaban J connectivity index is 1.74. The largest absolute Gasteiger partial charge is 0.369 e. The summed E-state index contributed by atoms with van der Waals surface area (Å²) in [6.07, 6.45) is 6.19. The minimum atomic E-state index is 0.431. The zero-order chi connectivity index (χ0) is 16.7. The molecule has 1 fully saturated rings. The second-order valence-corrected chi connectivity index (χ2v) is 6.78. The van der Waals surface area contributed by atoms with Crippen LogP contribution < -0.4 is 0 Å². The highest BCUT2D eigenvalue weighted by molar-refractivity contribution is 7.80. The summed E-state index contributed by atoms with van der Waals surface area (Å²) in [6.45, 7) is 0.628. The molecule has 0 saturated heterocycles. The average Bonchev–Trinajstić information content (AvgIpc) is 2.58. The van der Waals surface area contributed by atoms with Gasteiger partial charge in [-0.25, -0.2) is 4.99 Å². The lowest BCUT2D eigenvalue weighted by atomic mass is 9.86. The maximum Gasteiger partial charge on any atom is 0.108 e. The summed E-state index contributed by atoms with van der Waals surface area (Å²) >= 11 is 5.44. The lowest BCUT2D eigenvalue weighted by molar-refractivity contribution is -0.184. The van der Waals surface area contributed by atoms with Crippen LogP contribution in [0.3, 0.4) is 0 Å². The molecule has 5 heteroatoms. The van der Waals surface area contributed by atoms with E-state index in [1.807, 2.05) is 49.3 Å². The maximum absolute atomic E-state index is 5.91. The fraction of sp³-hybridized carbons (Fsp3) is 0.556. The Hall–Kier alpha value is -1.30. The van der Waals surface area contributed by atoms with Crippen LogP contribution in [0.1, 0.15) is 31.2 Å². The van der Waals surface area contributed by atoms with Crippen molar-refractivity contribution in [2.24, 2.45) is 10.9 Å². The molecule has 126 valence electrons. The van der Waals surface area contributed by atoms with Crippen molar-refractivity contribution < 1.29 is 4.84 Å². The highest BCUT2D eigenvalue weighted by atomic mass is 32.1. The Morgan fingerprint density at radius 3 is 2.43 bits per heavy atom. The second kappa shape index (κ2) is 9.11. The quantitative estimate of drug-likeness (QED) is 0.345. The number of benzene rings is 1. The number of hydrogen-bond acceptors (Lipinski definition) is 3. The molecule has 0 unspecified atom stereocenters. The molecule has 1 aromatic rings. The van der Waals surface area contributed by atoms with Gasteiger partial charge in [0.25, 0.3) is 0 Å². The van der Waals surface area contributed by atoms with E-state index in [-0.39, 0.29) is 0 Å². The maximum atomic E-state index is 5.91. The molecule has 1 aromatic carbocycles. The van der Waals surface area contributed by atoms with Crippen LogP contribution in [0.5, 0.6) is 0 Å². The van der Waals surface area contributed by atoms with Gasteiger partial charge >= 0.3 is 0 Å². The third-order valence-electron chi connectivity index (χ3n) is 4.25. The van der Waals surface area contributed by atoms with Gasteiger partial charge in [0, 0.05) is 33.1 Å². The molecular weight excluding hydrogens is 306 g/mol. The molecule has 0 heterocycles. The second-order valence-electron chi connectivity index (χ2n) is 6.36. The smallest absolute Gasteiger partial charge is 0.108 e. The summed E-state index contributed by atoms with van der Waals surface area (Å²) < 4.78 is 0. The summed E-state index contributed by atoms with van der Waals surface area (Å²) in [6, 6.07) is 10.8.